The summed E-state index contributed by atoms with van der Waals surface area (Å²) in [6.07, 6.45) is 1.70. The number of benzene rings is 2. The summed E-state index contributed by atoms with van der Waals surface area (Å²) < 4.78 is 1.85. The fourth-order valence-electron chi connectivity index (χ4n) is 2.78. The SMILES string of the molecule is Cc1ccc(NC(=O)C(=O)c2cn(C)c3ccccc23)c(C)c1. The van der Waals surface area contributed by atoms with Crippen molar-refractivity contribution in [2.75, 3.05) is 5.32 Å². The summed E-state index contributed by atoms with van der Waals surface area (Å²) in [7, 11) is 1.86. The number of amides is 1. The lowest BCUT2D eigenvalue weighted by atomic mass is 10.1. The molecule has 23 heavy (non-hydrogen) atoms. The predicted octanol–water partition coefficient (Wildman–Crippen LogP) is 3.62. The van der Waals surface area contributed by atoms with Gasteiger partial charge in [0.1, 0.15) is 0 Å². The van der Waals surface area contributed by atoms with E-state index in [1.807, 2.05) is 67.9 Å². The fourth-order valence-corrected chi connectivity index (χ4v) is 2.78. The molecule has 2 aromatic carbocycles. The first-order valence-corrected chi connectivity index (χ1v) is 7.44. The zero-order valence-corrected chi connectivity index (χ0v) is 13.4. The Kier molecular flexibility index (Phi) is 3.74. The van der Waals surface area contributed by atoms with Crippen LogP contribution in [0.5, 0.6) is 0 Å². The van der Waals surface area contributed by atoms with Gasteiger partial charge in [-0.25, -0.2) is 0 Å². The Hall–Kier alpha value is -2.88. The third-order valence-electron chi connectivity index (χ3n) is 3.98. The van der Waals surface area contributed by atoms with E-state index in [1.54, 1.807) is 6.20 Å². The molecule has 0 saturated carbocycles. The first kappa shape index (κ1) is 15.0. The Balaban J connectivity index is 1.91. The smallest absolute Gasteiger partial charge is 0.296 e. The minimum absolute atomic E-state index is 0.422. The normalized spacial score (nSPS) is 10.7. The minimum Gasteiger partial charge on any atom is -0.350 e. The van der Waals surface area contributed by atoms with Crippen LogP contribution >= 0.6 is 0 Å². The van der Waals surface area contributed by atoms with Crippen molar-refractivity contribution in [3.05, 3.63) is 65.4 Å². The standard InChI is InChI=1S/C19H18N2O2/c1-12-8-9-16(13(2)10-12)20-19(23)18(22)15-11-21(3)17-7-5-4-6-14(15)17/h4-11H,1-3H3,(H,20,23). The van der Waals surface area contributed by atoms with E-state index in [1.165, 1.54) is 0 Å². The molecule has 0 spiro atoms. The number of aromatic nitrogens is 1. The Bertz CT molecular complexity index is 922. The van der Waals surface area contributed by atoms with Crippen LogP contribution in [0.3, 0.4) is 0 Å². The van der Waals surface area contributed by atoms with E-state index in [4.69, 9.17) is 0 Å². The Morgan fingerprint density at radius 1 is 1.04 bits per heavy atom. The van der Waals surface area contributed by atoms with E-state index in [9.17, 15) is 9.59 Å². The maximum Gasteiger partial charge on any atom is 0.296 e. The van der Waals surface area contributed by atoms with Crippen molar-refractivity contribution in [2.45, 2.75) is 13.8 Å². The number of ketones is 1. The van der Waals surface area contributed by atoms with Crippen molar-refractivity contribution in [1.29, 1.82) is 0 Å². The number of hydrogen-bond acceptors (Lipinski definition) is 2. The number of rotatable bonds is 3. The van der Waals surface area contributed by atoms with Gasteiger partial charge in [0.2, 0.25) is 0 Å². The first-order chi connectivity index (χ1) is 11.0. The molecule has 0 fully saturated rings. The van der Waals surface area contributed by atoms with Crippen LogP contribution in [-0.2, 0) is 11.8 Å². The van der Waals surface area contributed by atoms with E-state index in [-0.39, 0.29) is 0 Å². The summed E-state index contributed by atoms with van der Waals surface area (Å²) in [6, 6.07) is 13.2. The van der Waals surface area contributed by atoms with Crippen LogP contribution in [-0.4, -0.2) is 16.3 Å². The average Bonchev–Trinajstić information content (AvgIpc) is 2.87. The van der Waals surface area contributed by atoms with Crippen molar-refractivity contribution < 1.29 is 9.59 Å². The maximum absolute atomic E-state index is 12.5. The molecule has 0 unspecified atom stereocenters. The molecule has 1 N–H and O–H groups in total. The average molecular weight is 306 g/mol. The number of para-hydroxylation sites is 1. The number of carbonyl (C=O) groups excluding carboxylic acids is 2. The van der Waals surface area contributed by atoms with Crippen molar-refractivity contribution in [1.82, 2.24) is 4.57 Å². The third kappa shape index (κ3) is 2.75. The van der Waals surface area contributed by atoms with Crippen molar-refractivity contribution >= 4 is 28.3 Å². The Labute approximate surface area is 134 Å². The van der Waals surface area contributed by atoms with Crippen LogP contribution in [0.2, 0.25) is 0 Å². The maximum atomic E-state index is 12.5. The summed E-state index contributed by atoms with van der Waals surface area (Å²) in [5.74, 6) is -1.14. The number of carbonyl (C=O) groups is 2. The van der Waals surface area contributed by atoms with Crippen molar-refractivity contribution in [2.24, 2.45) is 7.05 Å². The van der Waals surface area contributed by atoms with Gasteiger partial charge < -0.3 is 9.88 Å². The van der Waals surface area contributed by atoms with Gasteiger partial charge >= 0.3 is 0 Å². The molecule has 0 atom stereocenters. The van der Waals surface area contributed by atoms with Crippen LogP contribution in [0, 0.1) is 13.8 Å². The highest BCUT2D eigenvalue weighted by molar-refractivity contribution is 6.48. The highest BCUT2D eigenvalue weighted by atomic mass is 16.2. The number of nitrogens with one attached hydrogen (secondary N) is 1. The second-order valence-electron chi connectivity index (χ2n) is 5.77. The number of fused-ring (bicyclic) bond motifs is 1. The van der Waals surface area contributed by atoms with Gasteiger partial charge in [-0.05, 0) is 31.5 Å². The largest absolute Gasteiger partial charge is 0.350 e. The molecule has 4 heteroatoms. The van der Waals surface area contributed by atoms with Gasteiger partial charge in [-0.15, -0.1) is 0 Å². The molecule has 1 heterocycles. The molecule has 3 rings (SSSR count). The van der Waals surface area contributed by atoms with Crippen LogP contribution in [0.1, 0.15) is 21.5 Å². The molecule has 0 aliphatic rings. The van der Waals surface area contributed by atoms with E-state index < -0.39 is 11.7 Å². The lowest BCUT2D eigenvalue weighted by Crippen LogP contribution is -2.23. The summed E-state index contributed by atoms with van der Waals surface area (Å²) in [5.41, 5.74) is 4.06. The summed E-state index contributed by atoms with van der Waals surface area (Å²) in [5, 5.41) is 3.50. The molecular weight excluding hydrogens is 288 g/mol. The number of aryl methyl sites for hydroxylation is 3. The van der Waals surface area contributed by atoms with Gasteiger partial charge in [-0.1, -0.05) is 35.9 Å². The topological polar surface area (TPSA) is 51.1 Å². The molecule has 1 amide bonds. The summed E-state index contributed by atoms with van der Waals surface area (Å²) in [4.78, 5) is 24.9. The number of hydrogen-bond donors (Lipinski definition) is 1. The molecule has 3 aromatic rings. The van der Waals surface area contributed by atoms with Gasteiger partial charge in [-0.3, -0.25) is 9.59 Å². The van der Waals surface area contributed by atoms with Gasteiger partial charge in [0.05, 0.1) is 5.56 Å². The van der Waals surface area contributed by atoms with Crippen molar-refractivity contribution in [3.8, 4) is 0 Å². The van der Waals surface area contributed by atoms with Gasteiger partial charge in [0.15, 0.2) is 0 Å². The minimum atomic E-state index is -0.617. The van der Waals surface area contributed by atoms with E-state index in [0.29, 0.717) is 11.3 Å². The molecular formula is C19H18N2O2. The second kappa shape index (κ2) is 5.72. The van der Waals surface area contributed by atoms with Crippen LogP contribution < -0.4 is 5.32 Å². The quantitative estimate of drug-likeness (QED) is 0.593. The molecule has 0 aliphatic carbocycles. The molecule has 0 radical (unpaired) electrons. The highest BCUT2D eigenvalue weighted by Gasteiger charge is 2.21. The van der Waals surface area contributed by atoms with E-state index in [2.05, 4.69) is 5.32 Å². The van der Waals surface area contributed by atoms with Gasteiger partial charge in [-0.2, -0.15) is 0 Å². The van der Waals surface area contributed by atoms with E-state index in [0.717, 1.165) is 22.0 Å². The predicted molar refractivity (Wildman–Crippen MR) is 91.8 cm³/mol. The highest BCUT2D eigenvalue weighted by Crippen LogP contribution is 2.22. The number of anilines is 1. The summed E-state index contributed by atoms with van der Waals surface area (Å²) in [6.45, 7) is 3.89. The summed E-state index contributed by atoms with van der Waals surface area (Å²) >= 11 is 0. The Morgan fingerprint density at radius 3 is 2.52 bits per heavy atom. The molecule has 0 saturated heterocycles. The van der Waals surface area contributed by atoms with Gasteiger partial charge in [0, 0.05) is 29.8 Å². The zero-order valence-electron chi connectivity index (χ0n) is 13.4. The molecule has 1 aromatic heterocycles. The van der Waals surface area contributed by atoms with Crippen molar-refractivity contribution in [3.63, 3.8) is 0 Å². The molecule has 116 valence electrons. The van der Waals surface area contributed by atoms with E-state index >= 15 is 0 Å². The monoisotopic (exact) mass is 306 g/mol. The van der Waals surface area contributed by atoms with Crippen LogP contribution in [0.15, 0.2) is 48.7 Å². The fraction of sp³-hybridized carbons (Fsp3) is 0.158. The van der Waals surface area contributed by atoms with Gasteiger partial charge in [0.25, 0.3) is 11.7 Å². The lowest BCUT2D eigenvalue weighted by Gasteiger charge is -2.08. The zero-order chi connectivity index (χ0) is 16.6. The molecule has 4 nitrogen and oxygen atoms in total. The molecule has 0 bridgehead atoms. The first-order valence-electron chi connectivity index (χ1n) is 7.44. The van der Waals surface area contributed by atoms with Crippen LogP contribution in [0.4, 0.5) is 5.69 Å². The lowest BCUT2D eigenvalue weighted by molar-refractivity contribution is -0.112. The van der Waals surface area contributed by atoms with Crippen LogP contribution in [0.25, 0.3) is 10.9 Å². The second-order valence-corrected chi connectivity index (χ2v) is 5.77. The molecule has 0 aliphatic heterocycles. The Morgan fingerprint density at radius 2 is 1.78 bits per heavy atom. The third-order valence-corrected chi connectivity index (χ3v) is 3.98. The number of nitrogens with zero attached hydrogens (tertiary/aromatic N) is 1. The number of Topliss-reactive ketones (excluding diaryl/α,β-unsaturated/α-hetero) is 1.